The maximum atomic E-state index is 12.4. The van der Waals surface area contributed by atoms with Crippen molar-refractivity contribution in [2.45, 2.75) is 19.4 Å². The first-order valence-corrected chi connectivity index (χ1v) is 6.14. The van der Waals surface area contributed by atoms with E-state index in [2.05, 4.69) is 4.98 Å². The molecule has 0 unspecified atom stereocenters. The monoisotopic (exact) mass is 295 g/mol. The van der Waals surface area contributed by atoms with Crippen LogP contribution in [0.2, 0.25) is 0 Å². The Bertz CT molecular complexity index is 609. The largest absolute Gasteiger partial charge is 0.416 e. The second-order valence-electron chi connectivity index (χ2n) is 4.36. The van der Waals surface area contributed by atoms with E-state index in [-0.39, 0.29) is 13.2 Å². The number of carbonyl (C=O) groups is 1. The molecule has 0 aliphatic rings. The molecule has 0 aliphatic carbocycles. The number of benzene rings is 1. The average Bonchev–Trinajstić information content (AvgIpc) is 2.47. The first-order chi connectivity index (χ1) is 9.99. The third kappa shape index (κ3) is 4.39. The number of ether oxygens (including phenoxy) is 1. The fourth-order valence-electron chi connectivity index (χ4n) is 1.71. The maximum absolute atomic E-state index is 12.4. The smallest absolute Gasteiger partial charge is 0.370 e. The Morgan fingerprint density at radius 1 is 1.05 bits per heavy atom. The summed E-state index contributed by atoms with van der Waals surface area (Å²) in [4.78, 5) is 14.6. The molecule has 110 valence electrons. The van der Waals surface area contributed by atoms with Crippen molar-refractivity contribution in [3.05, 3.63) is 65.0 Å². The number of rotatable bonds is 5. The molecular formula is C15H12F3NO2. The SMILES string of the molecule is O=Cc1cccc(COCc2ccc(C(F)(F)F)cc2)n1. The molecule has 0 saturated carbocycles. The molecule has 21 heavy (non-hydrogen) atoms. The molecule has 1 aromatic carbocycles. The lowest BCUT2D eigenvalue weighted by molar-refractivity contribution is -0.137. The van der Waals surface area contributed by atoms with Crippen LogP contribution in [0, 0.1) is 0 Å². The molecule has 2 rings (SSSR count). The summed E-state index contributed by atoms with van der Waals surface area (Å²) in [6.45, 7) is 0.355. The first kappa shape index (κ1) is 15.2. The minimum Gasteiger partial charge on any atom is -0.370 e. The fraction of sp³-hybridized carbons (Fsp3) is 0.200. The third-order valence-electron chi connectivity index (χ3n) is 2.75. The zero-order valence-electron chi connectivity index (χ0n) is 10.9. The molecule has 6 heteroatoms. The van der Waals surface area contributed by atoms with Crippen molar-refractivity contribution < 1.29 is 22.7 Å². The summed E-state index contributed by atoms with van der Waals surface area (Å²) in [6, 6.07) is 9.75. The molecule has 0 saturated heterocycles. The Morgan fingerprint density at radius 2 is 1.76 bits per heavy atom. The van der Waals surface area contributed by atoms with Crippen LogP contribution in [-0.4, -0.2) is 11.3 Å². The Hall–Kier alpha value is -2.21. The average molecular weight is 295 g/mol. The van der Waals surface area contributed by atoms with Crippen LogP contribution >= 0.6 is 0 Å². The molecule has 1 aromatic heterocycles. The zero-order valence-corrected chi connectivity index (χ0v) is 10.9. The lowest BCUT2D eigenvalue weighted by Gasteiger charge is -2.08. The van der Waals surface area contributed by atoms with Crippen molar-refractivity contribution in [3.8, 4) is 0 Å². The molecule has 0 bridgehead atoms. The van der Waals surface area contributed by atoms with Gasteiger partial charge < -0.3 is 4.74 Å². The molecule has 0 N–H and O–H groups in total. The minimum atomic E-state index is -4.33. The molecule has 3 nitrogen and oxygen atoms in total. The summed E-state index contributed by atoms with van der Waals surface area (Å²) in [5.74, 6) is 0. The van der Waals surface area contributed by atoms with E-state index < -0.39 is 11.7 Å². The van der Waals surface area contributed by atoms with E-state index in [1.54, 1.807) is 18.2 Å². The van der Waals surface area contributed by atoms with Gasteiger partial charge in [0.1, 0.15) is 5.69 Å². The van der Waals surface area contributed by atoms with E-state index in [0.717, 1.165) is 12.1 Å². The van der Waals surface area contributed by atoms with E-state index >= 15 is 0 Å². The Balaban J connectivity index is 1.90. The summed E-state index contributed by atoms with van der Waals surface area (Å²) < 4.78 is 42.6. The van der Waals surface area contributed by atoms with Crippen LogP contribution in [0.3, 0.4) is 0 Å². The van der Waals surface area contributed by atoms with Gasteiger partial charge in [-0.15, -0.1) is 0 Å². The van der Waals surface area contributed by atoms with Crippen molar-refractivity contribution in [1.82, 2.24) is 4.98 Å². The van der Waals surface area contributed by atoms with Crippen LogP contribution in [0.4, 0.5) is 13.2 Å². The highest BCUT2D eigenvalue weighted by atomic mass is 19.4. The topological polar surface area (TPSA) is 39.2 Å². The second-order valence-corrected chi connectivity index (χ2v) is 4.36. The van der Waals surface area contributed by atoms with Gasteiger partial charge in [0.05, 0.1) is 24.5 Å². The predicted octanol–water partition coefficient (Wildman–Crippen LogP) is 3.63. The third-order valence-corrected chi connectivity index (χ3v) is 2.75. The normalized spacial score (nSPS) is 11.4. The highest BCUT2D eigenvalue weighted by Gasteiger charge is 2.29. The van der Waals surface area contributed by atoms with E-state index in [4.69, 9.17) is 4.74 Å². The molecule has 0 spiro atoms. The number of pyridine rings is 1. The van der Waals surface area contributed by atoms with Gasteiger partial charge in [-0.05, 0) is 29.8 Å². The maximum Gasteiger partial charge on any atom is 0.416 e. The summed E-state index contributed by atoms with van der Waals surface area (Å²) in [5, 5.41) is 0. The summed E-state index contributed by atoms with van der Waals surface area (Å²) >= 11 is 0. The number of hydrogen-bond donors (Lipinski definition) is 0. The van der Waals surface area contributed by atoms with E-state index in [1.165, 1.54) is 12.1 Å². The molecule has 0 fully saturated rings. The number of alkyl halides is 3. The molecular weight excluding hydrogens is 283 g/mol. The highest BCUT2D eigenvalue weighted by Crippen LogP contribution is 2.29. The van der Waals surface area contributed by atoms with Gasteiger partial charge >= 0.3 is 6.18 Å². The predicted molar refractivity (Wildman–Crippen MR) is 69.6 cm³/mol. The van der Waals surface area contributed by atoms with Gasteiger partial charge in [0.2, 0.25) is 0 Å². The van der Waals surface area contributed by atoms with E-state index in [9.17, 15) is 18.0 Å². The van der Waals surface area contributed by atoms with Crippen LogP contribution < -0.4 is 0 Å². The quantitative estimate of drug-likeness (QED) is 0.791. The van der Waals surface area contributed by atoms with Crippen molar-refractivity contribution in [3.63, 3.8) is 0 Å². The van der Waals surface area contributed by atoms with Gasteiger partial charge in [-0.1, -0.05) is 18.2 Å². The lowest BCUT2D eigenvalue weighted by Crippen LogP contribution is -2.05. The zero-order chi connectivity index (χ0) is 15.3. The van der Waals surface area contributed by atoms with Gasteiger partial charge in [0.15, 0.2) is 6.29 Å². The van der Waals surface area contributed by atoms with Gasteiger partial charge in [0.25, 0.3) is 0 Å². The van der Waals surface area contributed by atoms with E-state index in [1.807, 2.05) is 0 Å². The highest BCUT2D eigenvalue weighted by molar-refractivity contribution is 5.71. The Kier molecular flexibility index (Phi) is 4.70. The second kappa shape index (κ2) is 6.49. The number of halogens is 3. The van der Waals surface area contributed by atoms with Gasteiger partial charge in [0, 0.05) is 0 Å². The van der Waals surface area contributed by atoms with Crippen LogP contribution in [0.15, 0.2) is 42.5 Å². The van der Waals surface area contributed by atoms with Crippen molar-refractivity contribution >= 4 is 6.29 Å². The lowest BCUT2D eigenvalue weighted by atomic mass is 10.1. The summed E-state index contributed by atoms with van der Waals surface area (Å²) in [6.07, 6.45) is -3.70. The summed E-state index contributed by atoms with van der Waals surface area (Å²) in [7, 11) is 0. The van der Waals surface area contributed by atoms with E-state index in [0.29, 0.717) is 23.2 Å². The van der Waals surface area contributed by atoms with Crippen LogP contribution in [-0.2, 0) is 24.1 Å². The molecule has 0 radical (unpaired) electrons. The van der Waals surface area contributed by atoms with Crippen molar-refractivity contribution in [2.75, 3.05) is 0 Å². The van der Waals surface area contributed by atoms with Crippen LogP contribution in [0.5, 0.6) is 0 Å². The van der Waals surface area contributed by atoms with Crippen LogP contribution in [0.1, 0.15) is 27.3 Å². The molecule has 1 heterocycles. The standard InChI is InChI=1S/C15H12F3NO2/c16-15(17,18)12-6-4-11(5-7-12)9-21-10-14-3-1-2-13(8-20)19-14/h1-8H,9-10H2. The molecule has 2 aromatic rings. The molecule has 0 aliphatic heterocycles. The van der Waals surface area contributed by atoms with Crippen molar-refractivity contribution in [2.24, 2.45) is 0 Å². The number of aromatic nitrogens is 1. The Morgan fingerprint density at radius 3 is 2.38 bits per heavy atom. The minimum absolute atomic E-state index is 0.172. The van der Waals surface area contributed by atoms with Gasteiger partial charge in [-0.25, -0.2) is 4.98 Å². The number of hydrogen-bond acceptors (Lipinski definition) is 3. The molecule has 0 amide bonds. The summed E-state index contributed by atoms with van der Waals surface area (Å²) in [5.41, 5.74) is 0.846. The van der Waals surface area contributed by atoms with Gasteiger partial charge in [-0.3, -0.25) is 4.79 Å². The van der Waals surface area contributed by atoms with Crippen LogP contribution in [0.25, 0.3) is 0 Å². The Labute approximate surface area is 119 Å². The van der Waals surface area contributed by atoms with Gasteiger partial charge in [-0.2, -0.15) is 13.2 Å². The number of aldehydes is 1. The van der Waals surface area contributed by atoms with Crippen molar-refractivity contribution in [1.29, 1.82) is 0 Å². The number of carbonyl (C=O) groups excluding carboxylic acids is 1. The molecule has 0 atom stereocenters. The number of nitrogens with zero attached hydrogens (tertiary/aromatic N) is 1. The first-order valence-electron chi connectivity index (χ1n) is 6.14. The fourth-order valence-corrected chi connectivity index (χ4v) is 1.71.